The smallest absolute Gasteiger partial charge is 0.240 e. The van der Waals surface area contributed by atoms with E-state index in [0.717, 1.165) is 38.2 Å². The fourth-order valence-electron chi connectivity index (χ4n) is 1.85. The maximum Gasteiger partial charge on any atom is 0.240 e. The van der Waals surface area contributed by atoms with Crippen LogP contribution in [-0.4, -0.2) is 34.6 Å². The second kappa shape index (κ2) is 7.57. The minimum Gasteiger partial charge on any atom is -0.335 e. The molecule has 0 spiro atoms. The summed E-state index contributed by atoms with van der Waals surface area (Å²) in [7, 11) is -3.51. The molecule has 1 aromatic carbocycles. The van der Waals surface area contributed by atoms with Crippen LogP contribution < -0.4 is 9.62 Å². The van der Waals surface area contributed by atoms with E-state index in [0.29, 0.717) is 6.54 Å². The summed E-state index contributed by atoms with van der Waals surface area (Å²) in [5.41, 5.74) is 0. The molecule has 4 nitrogen and oxygen atoms in total. The van der Waals surface area contributed by atoms with Gasteiger partial charge in [0.25, 0.3) is 0 Å². The molecular weight excluding hydrogens is 267 g/mol. The van der Waals surface area contributed by atoms with Crippen LogP contribution in [0.25, 0.3) is 0 Å². The highest BCUT2D eigenvalue weighted by atomic mass is 32.2. The van der Waals surface area contributed by atoms with Gasteiger partial charge in [0.2, 0.25) is 10.0 Å². The molecule has 1 rings (SSSR count). The number of rotatable bonds is 8. The first kappa shape index (κ1) is 16.1. The van der Waals surface area contributed by atoms with E-state index < -0.39 is 15.8 Å². The Kier molecular flexibility index (Phi) is 6.41. The fourth-order valence-corrected chi connectivity index (χ4v) is 2.92. The molecule has 0 saturated carbocycles. The molecule has 0 aromatic heterocycles. The van der Waals surface area contributed by atoms with Crippen molar-refractivity contribution < 1.29 is 17.7 Å². The zero-order valence-corrected chi connectivity index (χ0v) is 12.3. The lowest BCUT2D eigenvalue weighted by Crippen LogP contribution is -3.11. The summed E-state index contributed by atoms with van der Waals surface area (Å²) in [6.45, 7) is 7.66. The van der Waals surface area contributed by atoms with Gasteiger partial charge in [-0.1, -0.05) is 0 Å². The van der Waals surface area contributed by atoms with Gasteiger partial charge in [0, 0.05) is 13.0 Å². The van der Waals surface area contributed by atoms with E-state index >= 15 is 0 Å². The summed E-state index contributed by atoms with van der Waals surface area (Å²) < 4.78 is 39.0. The molecule has 0 fully saturated rings. The molecule has 1 aromatic rings. The zero-order chi connectivity index (χ0) is 14.3. The fraction of sp³-hybridized carbons (Fsp3) is 0.538. The van der Waals surface area contributed by atoms with Crippen LogP contribution in [0, 0.1) is 5.82 Å². The number of nitrogens with one attached hydrogen (secondary N) is 2. The first-order chi connectivity index (χ1) is 8.99. The van der Waals surface area contributed by atoms with Crippen molar-refractivity contribution in [2.24, 2.45) is 0 Å². The van der Waals surface area contributed by atoms with Crippen molar-refractivity contribution in [3.8, 4) is 0 Å². The Morgan fingerprint density at radius 2 is 1.74 bits per heavy atom. The van der Waals surface area contributed by atoms with Gasteiger partial charge in [0.05, 0.1) is 24.5 Å². The molecule has 0 aliphatic heterocycles. The van der Waals surface area contributed by atoms with Crippen LogP contribution in [0.1, 0.15) is 20.3 Å². The van der Waals surface area contributed by atoms with E-state index in [4.69, 9.17) is 0 Å². The van der Waals surface area contributed by atoms with Crippen molar-refractivity contribution in [1.82, 2.24) is 4.72 Å². The monoisotopic (exact) mass is 289 g/mol. The van der Waals surface area contributed by atoms with Gasteiger partial charge in [-0.15, -0.1) is 0 Å². The van der Waals surface area contributed by atoms with Gasteiger partial charge in [-0.25, -0.2) is 17.5 Å². The normalized spacial score (nSPS) is 12.0. The first-order valence-corrected chi connectivity index (χ1v) is 8.06. The molecule has 0 bridgehead atoms. The predicted molar refractivity (Wildman–Crippen MR) is 73.1 cm³/mol. The standard InChI is InChI=1S/C13H21FN2O2S/c1-3-16(4-2)11-5-10-15-19(17,18)13-8-6-12(14)7-9-13/h6-9,15H,3-5,10-11H2,1-2H3/p+1. The highest BCUT2D eigenvalue weighted by molar-refractivity contribution is 7.89. The lowest BCUT2D eigenvalue weighted by Gasteiger charge is -2.15. The average molecular weight is 289 g/mol. The summed E-state index contributed by atoms with van der Waals surface area (Å²) in [6.07, 6.45) is 0.789. The molecule has 108 valence electrons. The lowest BCUT2D eigenvalue weighted by molar-refractivity contribution is -0.896. The number of quaternary nitrogens is 1. The molecular formula is C13H22FN2O2S+. The molecule has 0 aliphatic carbocycles. The number of benzene rings is 1. The Balaban J connectivity index is 2.45. The van der Waals surface area contributed by atoms with Crippen LogP contribution in [-0.2, 0) is 10.0 Å². The summed E-state index contributed by atoms with van der Waals surface area (Å²) >= 11 is 0. The molecule has 0 heterocycles. The van der Waals surface area contributed by atoms with E-state index in [9.17, 15) is 12.8 Å². The van der Waals surface area contributed by atoms with Crippen LogP contribution in [0.4, 0.5) is 4.39 Å². The Labute approximate surface area is 114 Å². The van der Waals surface area contributed by atoms with Crippen molar-refractivity contribution in [1.29, 1.82) is 0 Å². The van der Waals surface area contributed by atoms with Gasteiger partial charge in [0.1, 0.15) is 5.82 Å². The van der Waals surface area contributed by atoms with Gasteiger partial charge >= 0.3 is 0 Å². The SMILES string of the molecule is CC[NH+](CC)CCCNS(=O)(=O)c1ccc(F)cc1. The van der Waals surface area contributed by atoms with Gasteiger partial charge in [-0.05, 0) is 38.1 Å². The number of hydrogen-bond acceptors (Lipinski definition) is 2. The zero-order valence-electron chi connectivity index (χ0n) is 11.4. The molecule has 0 atom stereocenters. The summed E-state index contributed by atoms with van der Waals surface area (Å²) in [5.74, 6) is -0.441. The Morgan fingerprint density at radius 1 is 1.16 bits per heavy atom. The van der Waals surface area contributed by atoms with Gasteiger partial charge in [-0.2, -0.15) is 0 Å². The van der Waals surface area contributed by atoms with Crippen molar-refractivity contribution in [2.45, 2.75) is 25.2 Å². The van der Waals surface area contributed by atoms with Crippen molar-refractivity contribution in [3.05, 3.63) is 30.1 Å². The van der Waals surface area contributed by atoms with Crippen LogP contribution in [0.3, 0.4) is 0 Å². The maximum absolute atomic E-state index is 12.7. The average Bonchev–Trinajstić information content (AvgIpc) is 2.39. The van der Waals surface area contributed by atoms with E-state index in [2.05, 4.69) is 18.6 Å². The summed E-state index contributed by atoms with van der Waals surface area (Å²) in [5, 5.41) is 0. The lowest BCUT2D eigenvalue weighted by atomic mass is 10.4. The Morgan fingerprint density at radius 3 is 2.26 bits per heavy atom. The minimum absolute atomic E-state index is 0.101. The summed E-state index contributed by atoms with van der Waals surface area (Å²) in [4.78, 5) is 1.55. The van der Waals surface area contributed by atoms with Crippen LogP contribution in [0.2, 0.25) is 0 Å². The van der Waals surface area contributed by atoms with E-state index in [1.807, 2.05) is 0 Å². The van der Waals surface area contributed by atoms with Crippen molar-refractivity contribution >= 4 is 10.0 Å². The van der Waals surface area contributed by atoms with Crippen LogP contribution in [0.15, 0.2) is 29.2 Å². The van der Waals surface area contributed by atoms with Gasteiger partial charge < -0.3 is 4.90 Å². The third-order valence-corrected chi connectivity index (χ3v) is 4.60. The molecule has 0 amide bonds. The highest BCUT2D eigenvalue weighted by Gasteiger charge is 2.13. The Bertz CT molecular complexity index is 470. The third-order valence-electron chi connectivity index (χ3n) is 3.12. The molecule has 2 N–H and O–H groups in total. The van der Waals surface area contributed by atoms with Crippen molar-refractivity contribution in [3.63, 3.8) is 0 Å². The maximum atomic E-state index is 12.7. The molecule has 0 aliphatic rings. The topological polar surface area (TPSA) is 50.6 Å². The Hall–Kier alpha value is -0.980. The second-order valence-electron chi connectivity index (χ2n) is 4.41. The third kappa shape index (κ3) is 5.26. The van der Waals surface area contributed by atoms with E-state index in [1.54, 1.807) is 0 Å². The first-order valence-electron chi connectivity index (χ1n) is 6.58. The summed E-state index contributed by atoms with van der Waals surface area (Å²) in [6, 6.07) is 4.84. The molecule has 0 saturated heterocycles. The minimum atomic E-state index is -3.51. The van der Waals surface area contributed by atoms with Crippen LogP contribution >= 0.6 is 0 Å². The largest absolute Gasteiger partial charge is 0.335 e. The number of halogens is 1. The number of sulfonamides is 1. The molecule has 0 radical (unpaired) electrons. The highest BCUT2D eigenvalue weighted by Crippen LogP contribution is 2.09. The quantitative estimate of drug-likeness (QED) is 0.682. The van der Waals surface area contributed by atoms with Crippen molar-refractivity contribution in [2.75, 3.05) is 26.2 Å². The van der Waals surface area contributed by atoms with E-state index in [-0.39, 0.29) is 4.90 Å². The van der Waals surface area contributed by atoms with E-state index in [1.165, 1.54) is 17.0 Å². The van der Waals surface area contributed by atoms with Crippen LogP contribution in [0.5, 0.6) is 0 Å². The van der Waals surface area contributed by atoms with Gasteiger partial charge in [-0.3, -0.25) is 0 Å². The molecule has 19 heavy (non-hydrogen) atoms. The number of hydrogen-bond donors (Lipinski definition) is 2. The predicted octanol–water partition coefficient (Wildman–Crippen LogP) is 0.419. The second-order valence-corrected chi connectivity index (χ2v) is 6.18. The van der Waals surface area contributed by atoms with Gasteiger partial charge in [0.15, 0.2) is 0 Å². The molecule has 6 heteroatoms. The molecule has 0 unspecified atom stereocenters.